The van der Waals surface area contributed by atoms with Crippen LogP contribution in [0.25, 0.3) is 0 Å². The second-order valence-corrected chi connectivity index (χ2v) is 15.8. The second kappa shape index (κ2) is 10.1. The van der Waals surface area contributed by atoms with E-state index in [1.54, 1.807) is 4.31 Å². The molecule has 1 aromatic carbocycles. The number of pyridine rings is 1. The van der Waals surface area contributed by atoms with Crippen molar-refractivity contribution >= 4 is 38.9 Å². The summed E-state index contributed by atoms with van der Waals surface area (Å²) >= 11 is 0. The van der Waals surface area contributed by atoms with Gasteiger partial charge in [-0.3, -0.25) is 4.90 Å². The van der Waals surface area contributed by atoms with Gasteiger partial charge in [-0.1, -0.05) is 12.1 Å². The van der Waals surface area contributed by atoms with Gasteiger partial charge in [-0.15, -0.1) is 0 Å². The van der Waals surface area contributed by atoms with Crippen molar-refractivity contribution in [1.82, 2.24) is 14.6 Å². The zero-order chi connectivity index (χ0) is 29.3. The Bertz CT molecular complexity index is 1550. The van der Waals surface area contributed by atoms with E-state index in [-0.39, 0.29) is 22.7 Å². The molecule has 1 aromatic heterocycles. The summed E-state index contributed by atoms with van der Waals surface area (Å²) in [6.07, 6.45) is 8.61. The van der Waals surface area contributed by atoms with Crippen LogP contribution in [-0.2, 0) is 10.0 Å². The number of carbonyl (C=O) groups excluding carboxylic acids is 1. The van der Waals surface area contributed by atoms with Crippen LogP contribution in [0.1, 0.15) is 44.9 Å². The van der Waals surface area contributed by atoms with E-state index in [0.717, 1.165) is 67.8 Å². The highest BCUT2D eigenvalue weighted by atomic mass is 32.2. The molecule has 7 aliphatic rings. The zero-order valence-corrected chi connectivity index (χ0v) is 25.3. The van der Waals surface area contributed by atoms with E-state index in [4.69, 9.17) is 4.98 Å². The first-order valence-electron chi connectivity index (χ1n) is 15.9. The fourth-order valence-electron chi connectivity index (χ4n) is 8.93. The fraction of sp³-hybridized carbons (Fsp3) is 0.594. The largest absolute Gasteiger partial charge is 0.368 e. The smallest absolute Gasteiger partial charge is 0.322 e. The van der Waals surface area contributed by atoms with Crippen molar-refractivity contribution in [1.29, 1.82) is 5.26 Å². The molecule has 2 unspecified atom stereocenters. The van der Waals surface area contributed by atoms with E-state index in [0.29, 0.717) is 57.0 Å². The number of hydrogen-bond acceptors (Lipinski definition) is 7. The first-order chi connectivity index (χ1) is 20.8. The normalized spacial score (nSPS) is 31.9. The number of aromatic nitrogens is 1. The number of fused-ring (bicyclic) bond motifs is 1. The standard InChI is InChI=1S/C32H39N7O3S/c33-21-32-17-22-15-23(18-32)30(24(16-22)19-32)35-31(40)39-14-13-38(27-3-1-2-4-28(27)39)29-8-5-25(20-34-29)36-9-11-37(12-10-36)43(41,42)26-6-7-26/h1-5,8,20,22-24,26,30H,6-7,9-19H2,(H,35,40). The van der Waals surface area contributed by atoms with Gasteiger partial charge in [-0.25, -0.2) is 18.2 Å². The van der Waals surface area contributed by atoms with Crippen LogP contribution in [0.2, 0.25) is 0 Å². The van der Waals surface area contributed by atoms with Gasteiger partial charge in [-0.2, -0.15) is 9.57 Å². The molecule has 2 atom stereocenters. The Labute approximate surface area is 253 Å². The maximum Gasteiger partial charge on any atom is 0.322 e. The third-order valence-corrected chi connectivity index (χ3v) is 13.4. The van der Waals surface area contributed by atoms with Crippen molar-refractivity contribution in [3.05, 3.63) is 42.6 Å². The summed E-state index contributed by atoms with van der Waals surface area (Å²) in [4.78, 5) is 24.8. The van der Waals surface area contributed by atoms with Crippen LogP contribution in [0.3, 0.4) is 0 Å². The number of nitrogens with one attached hydrogen (secondary N) is 1. The maximum atomic E-state index is 13.8. The van der Waals surface area contributed by atoms with Gasteiger partial charge in [0.15, 0.2) is 0 Å². The molecule has 10 nitrogen and oxygen atoms in total. The molecule has 43 heavy (non-hydrogen) atoms. The number of anilines is 4. The summed E-state index contributed by atoms with van der Waals surface area (Å²) in [5.74, 6) is 2.27. The van der Waals surface area contributed by atoms with Crippen LogP contribution >= 0.6 is 0 Å². The van der Waals surface area contributed by atoms with Crippen LogP contribution in [0.15, 0.2) is 42.6 Å². The Morgan fingerprint density at radius 3 is 2.30 bits per heavy atom. The molecular weight excluding hydrogens is 562 g/mol. The van der Waals surface area contributed by atoms with Gasteiger partial charge in [0.1, 0.15) is 5.82 Å². The Morgan fingerprint density at radius 1 is 0.930 bits per heavy atom. The minimum atomic E-state index is -3.13. The van der Waals surface area contributed by atoms with E-state index >= 15 is 0 Å². The quantitative estimate of drug-likeness (QED) is 0.550. The lowest BCUT2D eigenvalue weighted by Gasteiger charge is -2.57. The van der Waals surface area contributed by atoms with E-state index < -0.39 is 10.0 Å². The molecule has 2 aliphatic heterocycles. The highest BCUT2D eigenvalue weighted by molar-refractivity contribution is 7.90. The molecule has 226 valence electrons. The van der Waals surface area contributed by atoms with E-state index in [1.165, 1.54) is 0 Å². The van der Waals surface area contributed by atoms with Crippen molar-refractivity contribution in [3.8, 4) is 6.07 Å². The lowest BCUT2D eigenvalue weighted by molar-refractivity contribution is -0.0435. The Hall–Kier alpha value is -3.36. The van der Waals surface area contributed by atoms with Crippen LogP contribution < -0.4 is 20.0 Å². The molecule has 5 saturated carbocycles. The molecule has 1 saturated heterocycles. The van der Waals surface area contributed by atoms with Crippen LogP contribution in [-0.4, -0.2) is 74.3 Å². The number of amides is 2. The molecule has 9 rings (SSSR count). The molecule has 11 heteroatoms. The summed E-state index contributed by atoms with van der Waals surface area (Å²) in [5, 5.41) is 13.2. The molecule has 2 aromatic rings. The van der Waals surface area contributed by atoms with Crippen LogP contribution in [0.5, 0.6) is 0 Å². The number of hydrogen-bond donors (Lipinski definition) is 1. The molecule has 0 radical (unpaired) electrons. The maximum absolute atomic E-state index is 13.8. The van der Waals surface area contributed by atoms with Crippen LogP contribution in [0.4, 0.5) is 27.7 Å². The number of piperazine rings is 1. The fourth-order valence-corrected chi connectivity index (χ4v) is 10.8. The average Bonchev–Trinajstić information content (AvgIpc) is 3.89. The van der Waals surface area contributed by atoms with Gasteiger partial charge in [0.05, 0.1) is 40.0 Å². The van der Waals surface area contributed by atoms with Crippen molar-refractivity contribution in [3.63, 3.8) is 0 Å². The molecule has 5 aliphatic carbocycles. The summed E-state index contributed by atoms with van der Waals surface area (Å²) in [5.41, 5.74) is 2.66. The average molecular weight is 602 g/mol. The van der Waals surface area contributed by atoms with Gasteiger partial charge >= 0.3 is 6.03 Å². The van der Waals surface area contributed by atoms with Gasteiger partial charge < -0.3 is 15.1 Å². The number of carbonyl (C=O) groups is 1. The van der Waals surface area contributed by atoms with Gasteiger partial charge in [0.2, 0.25) is 10.0 Å². The summed E-state index contributed by atoms with van der Waals surface area (Å²) in [7, 11) is -3.13. The number of nitriles is 1. The predicted octanol–water partition coefficient (Wildman–Crippen LogP) is 4.08. The Morgan fingerprint density at radius 2 is 1.65 bits per heavy atom. The first-order valence-corrected chi connectivity index (χ1v) is 17.4. The minimum absolute atomic E-state index is 0.0401. The molecule has 4 bridgehead atoms. The predicted molar refractivity (Wildman–Crippen MR) is 165 cm³/mol. The number of rotatable bonds is 5. The second-order valence-electron chi connectivity index (χ2n) is 13.6. The molecule has 6 fully saturated rings. The van der Waals surface area contributed by atoms with Gasteiger partial charge in [0, 0.05) is 45.3 Å². The summed E-state index contributed by atoms with van der Waals surface area (Å²) < 4.78 is 26.9. The third-order valence-electron chi connectivity index (χ3n) is 11.0. The van der Waals surface area contributed by atoms with E-state index in [9.17, 15) is 18.5 Å². The van der Waals surface area contributed by atoms with E-state index in [2.05, 4.69) is 27.3 Å². The minimum Gasteiger partial charge on any atom is -0.368 e. The number of nitrogens with zero attached hydrogens (tertiary/aromatic N) is 6. The van der Waals surface area contributed by atoms with E-state index in [1.807, 2.05) is 41.4 Å². The Balaban J connectivity index is 0.947. The van der Waals surface area contributed by atoms with Crippen molar-refractivity contribution in [2.24, 2.45) is 23.2 Å². The SMILES string of the molecule is N#CC12CC3CC(C1)C(NC(=O)N1CCN(c4ccc(N5CCN(S(=O)(=O)C6CC6)CC5)cn4)c4ccccc41)C(C3)C2. The molecule has 0 spiro atoms. The highest BCUT2D eigenvalue weighted by Gasteiger charge is 2.56. The van der Waals surface area contributed by atoms with Crippen molar-refractivity contribution in [2.75, 3.05) is 54.0 Å². The number of urea groups is 1. The monoisotopic (exact) mass is 601 g/mol. The van der Waals surface area contributed by atoms with Gasteiger partial charge in [0.25, 0.3) is 0 Å². The summed E-state index contributed by atoms with van der Waals surface area (Å²) in [6, 6.07) is 14.9. The number of benzene rings is 1. The zero-order valence-electron chi connectivity index (χ0n) is 24.4. The molecular formula is C32H39N7O3S. The molecule has 2 amide bonds. The first kappa shape index (κ1) is 27.2. The Kier molecular flexibility index (Phi) is 6.39. The van der Waals surface area contributed by atoms with Gasteiger partial charge in [-0.05, 0) is 87.0 Å². The lowest BCUT2D eigenvalue weighted by atomic mass is 9.48. The number of sulfonamides is 1. The molecule has 3 heterocycles. The third kappa shape index (κ3) is 4.65. The summed E-state index contributed by atoms with van der Waals surface area (Å²) in [6.45, 7) is 3.53. The number of para-hydroxylation sites is 2. The van der Waals surface area contributed by atoms with Crippen LogP contribution in [0, 0.1) is 34.5 Å². The van der Waals surface area contributed by atoms with Crippen molar-refractivity contribution in [2.45, 2.75) is 56.2 Å². The van der Waals surface area contributed by atoms with Crippen molar-refractivity contribution < 1.29 is 13.2 Å². The lowest BCUT2D eigenvalue weighted by Crippen LogP contribution is -2.61. The highest BCUT2D eigenvalue weighted by Crippen LogP contribution is 2.59. The topological polar surface area (TPSA) is 113 Å². The molecule has 1 N–H and O–H groups in total.